The topological polar surface area (TPSA) is 105 Å². The predicted octanol–water partition coefficient (Wildman–Crippen LogP) is 15.8. The molecule has 0 radical (unpaired) electrons. The monoisotopic (exact) mass is 952 g/mol. The standard InChI is InChI=1S/C58H99N2O6P/c1-6-8-10-12-14-16-18-19-20-21-22-23-24-25-26-27-28-29-30-31-32-33-34-35-36-37-38-39-40-41-42-44-46-48-50-52-58(62)59-56(55-66-67(63,64)65-54-53-60(3,4)5)57(61)51-49-47-45-43-17-15-13-11-9-7-2/h8,10,14,16,19-20,22-23,25-26,28-29,31-32,34-35,37-38,49,51,56-57,61H,6-7,9,11-13,15,17-18,21,24,27,30,33,36,39-48,50,52-55H2,1-5H3,(H-,59,62,63,64)/p+1/b10-8-,16-14-,20-19-,23-22-,26-25-,29-28-,32-31-,35-34-,38-37-,51-49+. The third-order valence-electron chi connectivity index (χ3n) is 10.9. The average molecular weight is 952 g/mol. The second-order valence-electron chi connectivity index (χ2n) is 18.5. The fourth-order valence-electron chi connectivity index (χ4n) is 6.80. The first-order valence-electron chi connectivity index (χ1n) is 26.4. The molecular weight excluding hydrogens is 852 g/mol. The number of carbonyl (C=O) groups is 1. The molecule has 0 aromatic heterocycles. The highest BCUT2D eigenvalue weighted by molar-refractivity contribution is 7.47. The van der Waals surface area contributed by atoms with Crippen molar-refractivity contribution < 1.29 is 32.9 Å². The van der Waals surface area contributed by atoms with E-state index in [4.69, 9.17) is 9.05 Å². The van der Waals surface area contributed by atoms with E-state index in [1.54, 1.807) is 6.08 Å². The molecule has 0 aromatic carbocycles. The van der Waals surface area contributed by atoms with Crippen molar-refractivity contribution in [3.05, 3.63) is 122 Å². The number of nitrogens with zero attached hydrogens (tertiary/aromatic N) is 1. The van der Waals surface area contributed by atoms with Crippen LogP contribution in [0.1, 0.15) is 187 Å². The normalized spacial score (nSPS) is 15.0. The third-order valence-corrected chi connectivity index (χ3v) is 11.9. The lowest BCUT2D eigenvalue weighted by Gasteiger charge is -2.25. The molecule has 0 spiro atoms. The van der Waals surface area contributed by atoms with Gasteiger partial charge in [-0.25, -0.2) is 4.57 Å². The summed E-state index contributed by atoms with van der Waals surface area (Å²) in [6.45, 7) is 4.64. The summed E-state index contributed by atoms with van der Waals surface area (Å²) < 4.78 is 23.6. The first kappa shape index (κ1) is 63.9. The summed E-state index contributed by atoms with van der Waals surface area (Å²) in [4.78, 5) is 23.2. The third kappa shape index (κ3) is 50.6. The number of nitrogens with one attached hydrogen (secondary N) is 1. The summed E-state index contributed by atoms with van der Waals surface area (Å²) in [7, 11) is 1.54. The largest absolute Gasteiger partial charge is 0.472 e. The molecule has 0 aliphatic carbocycles. The van der Waals surface area contributed by atoms with E-state index in [0.717, 1.165) is 109 Å². The Labute approximate surface area is 412 Å². The molecule has 3 N–H and O–H groups in total. The van der Waals surface area contributed by atoms with Crippen LogP contribution >= 0.6 is 7.82 Å². The van der Waals surface area contributed by atoms with Crippen molar-refractivity contribution in [3.8, 4) is 0 Å². The quantitative estimate of drug-likeness (QED) is 0.0243. The fourth-order valence-corrected chi connectivity index (χ4v) is 7.53. The van der Waals surface area contributed by atoms with Crippen LogP contribution in [0.3, 0.4) is 0 Å². The minimum absolute atomic E-state index is 0.0526. The number of carbonyl (C=O) groups excluding carboxylic acids is 1. The van der Waals surface area contributed by atoms with Crippen molar-refractivity contribution in [1.82, 2.24) is 5.32 Å². The van der Waals surface area contributed by atoms with Gasteiger partial charge in [0.25, 0.3) is 0 Å². The van der Waals surface area contributed by atoms with E-state index in [0.29, 0.717) is 17.4 Å². The van der Waals surface area contributed by atoms with E-state index in [1.165, 1.54) is 57.8 Å². The minimum atomic E-state index is -4.35. The molecule has 0 fully saturated rings. The number of likely N-dealkylation sites (N-methyl/N-ethyl adjacent to an activating group) is 1. The fraction of sp³-hybridized carbons (Fsp3) is 0.638. The number of hydrogen-bond acceptors (Lipinski definition) is 5. The Morgan fingerprint density at radius 3 is 1.31 bits per heavy atom. The highest BCUT2D eigenvalue weighted by Gasteiger charge is 2.27. The number of phosphoric acid groups is 1. The van der Waals surface area contributed by atoms with Crippen LogP contribution in [0.5, 0.6) is 0 Å². The Hall–Kier alpha value is -3.10. The molecule has 0 aliphatic rings. The zero-order valence-corrected chi connectivity index (χ0v) is 44.2. The van der Waals surface area contributed by atoms with Gasteiger partial charge in [0, 0.05) is 6.42 Å². The summed E-state index contributed by atoms with van der Waals surface area (Å²) in [5.74, 6) is -0.196. The van der Waals surface area contributed by atoms with Crippen LogP contribution in [0, 0.1) is 0 Å². The smallest absolute Gasteiger partial charge is 0.387 e. The van der Waals surface area contributed by atoms with E-state index in [9.17, 15) is 19.4 Å². The molecular formula is C58H100N2O6P+. The van der Waals surface area contributed by atoms with Gasteiger partial charge in [0.05, 0.1) is 39.9 Å². The van der Waals surface area contributed by atoms with Gasteiger partial charge >= 0.3 is 7.82 Å². The molecule has 8 nitrogen and oxygen atoms in total. The van der Waals surface area contributed by atoms with E-state index < -0.39 is 20.0 Å². The Bertz CT molecular complexity index is 1500. The molecule has 0 saturated heterocycles. The van der Waals surface area contributed by atoms with Gasteiger partial charge in [-0.05, 0) is 89.9 Å². The maximum atomic E-state index is 12.9. The molecule has 382 valence electrons. The molecule has 0 aliphatic heterocycles. The molecule has 0 bridgehead atoms. The lowest BCUT2D eigenvalue weighted by Crippen LogP contribution is -2.45. The lowest BCUT2D eigenvalue weighted by atomic mass is 10.1. The second kappa shape index (κ2) is 47.9. The van der Waals surface area contributed by atoms with Crippen LogP contribution in [0.15, 0.2) is 122 Å². The summed E-state index contributed by atoms with van der Waals surface area (Å²) >= 11 is 0. The van der Waals surface area contributed by atoms with Crippen molar-refractivity contribution in [2.45, 2.75) is 199 Å². The minimum Gasteiger partial charge on any atom is -0.387 e. The second-order valence-corrected chi connectivity index (χ2v) is 20.0. The van der Waals surface area contributed by atoms with Gasteiger partial charge in [0.15, 0.2) is 0 Å². The first-order chi connectivity index (χ1) is 32.5. The van der Waals surface area contributed by atoms with Crippen LogP contribution in [-0.4, -0.2) is 73.4 Å². The van der Waals surface area contributed by atoms with Crippen molar-refractivity contribution in [3.63, 3.8) is 0 Å². The van der Waals surface area contributed by atoms with Crippen LogP contribution in [0.25, 0.3) is 0 Å². The maximum Gasteiger partial charge on any atom is 0.472 e. The van der Waals surface area contributed by atoms with Crippen LogP contribution in [0.2, 0.25) is 0 Å². The zero-order valence-electron chi connectivity index (χ0n) is 43.3. The summed E-state index contributed by atoms with van der Waals surface area (Å²) in [6, 6.07) is -0.859. The molecule has 0 aromatic rings. The number of hydrogen-bond donors (Lipinski definition) is 3. The Kier molecular flexibility index (Phi) is 45.7. The number of phosphoric ester groups is 1. The summed E-state index contributed by atoms with van der Waals surface area (Å²) in [6.07, 6.45) is 71.5. The average Bonchev–Trinajstić information content (AvgIpc) is 3.29. The molecule has 0 heterocycles. The SMILES string of the molecule is CC/C=C\C/C=C\C/C=C\C/C=C\C/C=C\C/C=C\C/C=C\C/C=C\C/C=C\CCCCCCCCCC(=O)NC(COP(=O)(O)OCC[N+](C)(C)C)C(O)/C=C/CCCCCCCCCC. The Morgan fingerprint density at radius 2 is 0.896 bits per heavy atom. The van der Waals surface area contributed by atoms with Gasteiger partial charge in [-0.3, -0.25) is 13.8 Å². The van der Waals surface area contributed by atoms with E-state index >= 15 is 0 Å². The number of allylic oxidation sites excluding steroid dienone is 19. The van der Waals surface area contributed by atoms with Crippen LogP contribution in [0.4, 0.5) is 0 Å². The molecule has 3 atom stereocenters. The van der Waals surface area contributed by atoms with Crippen molar-refractivity contribution in [2.75, 3.05) is 40.9 Å². The van der Waals surface area contributed by atoms with Gasteiger partial charge in [0.2, 0.25) is 5.91 Å². The van der Waals surface area contributed by atoms with E-state index in [1.807, 2.05) is 27.2 Å². The van der Waals surface area contributed by atoms with Crippen molar-refractivity contribution in [1.29, 1.82) is 0 Å². The van der Waals surface area contributed by atoms with Gasteiger partial charge in [-0.2, -0.15) is 0 Å². The zero-order chi connectivity index (χ0) is 49.2. The van der Waals surface area contributed by atoms with Crippen LogP contribution < -0.4 is 5.32 Å². The van der Waals surface area contributed by atoms with Gasteiger partial charge in [-0.15, -0.1) is 0 Å². The van der Waals surface area contributed by atoms with Gasteiger partial charge in [0.1, 0.15) is 13.2 Å². The van der Waals surface area contributed by atoms with Crippen LogP contribution in [-0.2, 0) is 18.4 Å². The van der Waals surface area contributed by atoms with E-state index in [2.05, 4.69) is 129 Å². The number of unbranched alkanes of at least 4 members (excludes halogenated alkanes) is 15. The van der Waals surface area contributed by atoms with Gasteiger partial charge in [-0.1, -0.05) is 212 Å². The van der Waals surface area contributed by atoms with Crippen molar-refractivity contribution in [2.24, 2.45) is 0 Å². The molecule has 9 heteroatoms. The highest BCUT2D eigenvalue weighted by atomic mass is 31.2. The van der Waals surface area contributed by atoms with Crippen molar-refractivity contribution >= 4 is 13.7 Å². The summed E-state index contributed by atoms with van der Waals surface area (Å²) in [5, 5.41) is 13.8. The number of aliphatic hydroxyl groups excluding tert-OH is 1. The Morgan fingerprint density at radius 1 is 0.522 bits per heavy atom. The maximum absolute atomic E-state index is 12.9. The summed E-state index contributed by atoms with van der Waals surface area (Å²) in [5.41, 5.74) is 0. The molecule has 1 amide bonds. The Balaban J connectivity index is 4.16. The molecule has 67 heavy (non-hydrogen) atoms. The number of amides is 1. The van der Waals surface area contributed by atoms with E-state index in [-0.39, 0.29) is 19.1 Å². The number of quaternary nitrogens is 1. The lowest BCUT2D eigenvalue weighted by molar-refractivity contribution is -0.870. The van der Waals surface area contributed by atoms with Gasteiger partial charge < -0.3 is 19.8 Å². The number of aliphatic hydroxyl groups is 1. The molecule has 0 saturated carbocycles. The highest BCUT2D eigenvalue weighted by Crippen LogP contribution is 2.43. The first-order valence-corrected chi connectivity index (χ1v) is 27.9. The molecule has 3 unspecified atom stereocenters. The predicted molar refractivity (Wildman–Crippen MR) is 290 cm³/mol. The number of rotatable bonds is 46. The molecule has 0 rings (SSSR count).